The molecule has 2 atom stereocenters. The number of fused-ring (bicyclic) bond motifs is 1. The molecule has 3 aromatic rings. The van der Waals surface area contributed by atoms with Gasteiger partial charge in [0, 0.05) is 33.1 Å². The van der Waals surface area contributed by atoms with E-state index in [1.807, 2.05) is 54.4 Å². The average molecular weight is 515 g/mol. The van der Waals surface area contributed by atoms with Gasteiger partial charge in [-0.2, -0.15) is 0 Å². The zero-order valence-electron chi connectivity index (χ0n) is 23.3. The van der Waals surface area contributed by atoms with Crippen molar-refractivity contribution < 1.29 is 9.59 Å². The highest BCUT2D eigenvalue weighted by Gasteiger charge is 2.35. The number of piperidine rings is 1. The number of likely N-dealkylation sites (tertiary alicyclic amines) is 1. The highest BCUT2D eigenvalue weighted by Crippen LogP contribution is 2.22. The van der Waals surface area contributed by atoms with Crippen molar-refractivity contribution in [1.82, 2.24) is 20.0 Å². The smallest absolute Gasteiger partial charge is 0.245 e. The third-order valence-electron chi connectivity index (χ3n) is 7.82. The summed E-state index contributed by atoms with van der Waals surface area (Å²) in [5.41, 5.74) is 2.15. The molecule has 1 N–H and O–H groups in total. The van der Waals surface area contributed by atoms with E-state index in [1.54, 1.807) is 11.9 Å². The van der Waals surface area contributed by atoms with Crippen LogP contribution in [0.3, 0.4) is 0 Å². The van der Waals surface area contributed by atoms with E-state index in [2.05, 4.69) is 54.6 Å². The molecular formula is C32H42N4O2. The van der Waals surface area contributed by atoms with Crippen LogP contribution in [0.1, 0.15) is 24.0 Å². The minimum Gasteiger partial charge on any atom is -0.341 e. The Morgan fingerprint density at radius 1 is 0.868 bits per heavy atom. The quantitative estimate of drug-likeness (QED) is 0.447. The lowest BCUT2D eigenvalue weighted by Gasteiger charge is -2.38. The first-order valence-corrected chi connectivity index (χ1v) is 13.7. The molecule has 0 saturated carbocycles. The molecule has 0 radical (unpaired) electrons. The van der Waals surface area contributed by atoms with Gasteiger partial charge >= 0.3 is 0 Å². The van der Waals surface area contributed by atoms with E-state index in [1.165, 1.54) is 5.39 Å². The normalized spacial score (nSPS) is 16.0. The highest BCUT2D eigenvalue weighted by molar-refractivity contribution is 5.90. The Hall–Kier alpha value is -3.22. The summed E-state index contributed by atoms with van der Waals surface area (Å²) in [5.74, 6) is 0.600. The predicted molar refractivity (Wildman–Crippen MR) is 155 cm³/mol. The molecule has 1 heterocycles. The summed E-state index contributed by atoms with van der Waals surface area (Å²) in [6.45, 7) is 2.54. The zero-order valence-corrected chi connectivity index (χ0v) is 23.3. The van der Waals surface area contributed by atoms with Gasteiger partial charge < -0.3 is 20.0 Å². The van der Waals surface area contributed by atoms with Gasteiger partial charge in [-0.1, -0.05) is 72.8 Å². The van der Waals surface area contributed by atoms with E-state index in [-0.39, 0.29) is 11.8 Å². The van der Waals surface area contributed by atoms with Gasteiger partial charge in [0.2, 0.25) is 11.8 Å². The highest BCUT2D eigenvalue weighted by atomic mass is 16.2. The molecule has 0 spiro atoms. The molecule has 1 unspecified atom stereocenters. The predicted octanol–water partition coefficient (Wildman–Crippen LogP) is 3.84. The molecule has 6 nitrogen and oxygen atoms in total. The van der Waals surface area contributed by atoms with Crippen LogP contribution in [0.15, 0.2) is 72.8 Å². The fraction of sp³-hybridized carbons (Fsp3) is 0.438. The lowest BCUT2D eigenvalue weighted by atomic mass is 9.94. The van der Waals surface area contributed by atoms with E-state index in [0.717, 1.165) is 49.0 Å². The molecule has 38 heavy (non-hydrogen) atoms. The third-order valence-corrected chi connectivity index (χ3v) is 7.82. The molecule has 3 aromatic carbocycles. The van der Waals surface area contributed by atoms with Crippen molar-refractivity contribution in [1.29, 1.82) is 0 Å². The van der Waals surface area contributed by atoms with Crippen LogP contribution in [0.2, 0.25) is 0 Å². The molecule has 0 aromatic heterocycles. The van der Waals surface area contributed by atoms with Crippen molar-refractivity contribution in [3.8, 4) is 0 Å². The average Bonchev–Trinajstić information content (AvgIpc) is 2.94. The molecule has 2 amide bonds. The summed E-state index contributed by atoms with van der Waals surface area (Å²) < 4.78 is 0. The van der Waals surface area contributed by atoms with Gasteiger partial charge in [0.05, 0.1) is 6.04 Å². The molecule has 0 bridgehead atoms. The van der Waals surface area contributed by atoms with Crippen LogP contribution in [0.4, 0.5) is 0 Å². The molecule has 4 rings (SSSR count). The van der Waals surface area contributed by atoms with Crippen LogP contribution in [0, 0.1) is 5.92 Å². The Morgan fingerprint density at radius 3 is 2.18 bits per heavy atom. The van der Waals surface area contributed by atoms with Gasteiger partial charge in [-0.15, -0.1) is 0 Å². The standard InChI is InChI=1S/C32H42N4O2/c1-33-29(21-26-14-15-27-12-8-9-13-28(27)20-26)31(37)35(4)30(22-24-10-6-5-7-11-24)32(38)36-18-16-25(17-19-36)23-34(2)3/h5-15,20,25,29-30,33H,16-19,21-23H2,1-4H3/t29?,30-/m1/s1. The summed E-state index contributed by atoms with van der Waals surface area (Å²) in [7, 11) is 7.81. The fourth-order valence-corrected chi connectivity index (χ4v) is 5.60. The van der Waals surface area contributed by atoms with E-state index >= 15 is 0 Å². The largest absolute Gasteiger partial charge is 0.341 e. The van der Waals surface area contributed by atoms with E-state index < -0.39 is 12.1 Å². The summed E-state index contributed by atoms with van der Waals surface area (Å²) in [6.07, 6.45) is 3.07. The molecule has 6 heteroatoms. The lowest BCUT2D eigenvalue weighted by molar-refractivity contribution is -0.146. The Labute approximate surface area is 227 Å². The Balaban J connectivity index is 1.50. The van der Waals surface area contributed by atoms with E-state index in [0.29, 0.717) is 18.8 Å². The second-order valence-corrected chi connectivity index (χ2v) is 10.9. The number of benzene rings is 3. The Kier molecular flexibility index (Phi) is 9.53. The monoisotopic (exact) mass is 514 g/mol. The molecule has 1 aliphatic rings. The number of likely N-dealkylation sites (N-methyl/N-ethyl adjacent to an activating group) is 2. The topological polar surface area (TPSA) is 55.9 Å². The summed E-state index contributed by atoms with van der Waals surface area (Å²) in [5, 5.41) is 5.57. The van der Waals surface area contributed by atoms with Gasteiger partial charge in [0.1, 0.15) is 6.04 Å². The van der Waals surface area contributed by atoms with Crippen LogP contribution in [0.25, 0.3) is 10.8 Å². The second-order valence-electron chi connectivity index (χ2n) is 10.9. The number of carbonyl (C=O) groups is 2. The van der Waals surface area contributed by atoms with Crippen molar-refractivity contribution in [2.45, 2.75) is 37.8 Å². The van der Waals surface area contributed by atoms with Crippen molar-refractivity contribution in [3.05, 3.63) is 83.9 Å². The molecule has 1 fully saturated rings. The number of amides is 2. The number of carbonyl (C=O) groups excluding carboxylic acids is 2. The first kappa shape index (κ1) is 27.8. The molecule has 1 saturated heterocycles. The van der Waals surface area contributed by atoms with E-state index in [4.69, 9.17) is 0 Å². The molecule has 202 valence electrons. The maximum Gasteiger partial charge on any atom is 0.245 e. The number of hydrogen-bond acceptors (Lipinski definition) is 4. The second kappa shape index (κ2) is 13.0. The number of nitrogens with one attached hydrogen (secondary N) is 1. The SMILES string of the molecule is CNC(Cc1ccc2ccccc2c1)C(=O)N(C)[C@H](Cc1ccccc1)C(=O)N1CCC(CN(C)C)CC1. The summed E-state index contributed by atoms with van der Waals surface area (Å²) >= 11 is 0. The molecule has 1 aliphatic heterocycles. The third kappa shape index (κ3) is 7.00. The minimum atomic E-state index is -0.539. The Morgan fingerprint density at radius 2 is 1.53 bits per heavy atom. The van der Waals surface area contributed by atoms with Gasteiger partial charge in [-0.05, 0) is 68.2 Å². The van der Waals surface area contributed by atoms with Gasteiger partial charge in [0.25, 0.3) is 0 Å². The van der Waals surface area contributed by atoms with Crippen LogP contribution < -0.4 is 5.32 Å². The van der Waals surface area contributed by atoms with Crippen LogP contribution in [-0.4, -0.2) is 86.4 Å². The van der Waals surface area contributed by atoms with Crippen molar-refractivity contribution in [3.63, 3.8) is 0 Å². The summed E-state index contributed by atoms with van der Waals surface area (Å²) in [6, 6.07) is 23.7. The van der Waals surface area contributed by atoms with E-state index in [9.17, 15) is 9.59 Å². The lowest BCUT2D eigenvalue weighted by Crippen LogP contribution is -2.56. The van der Waals surface area contributed by atoms with Crippen molar-refractivity contribution >= 4 is 22.6 Å². The fourth-order valence-electron chi connectivity index (χ4n) is 5.60. The van der Waals surface area contributed by atoms with Crippen LogP contribution in [0.5, 0.6) is 0 Å². The van der Waals surface area contributed by atoms with Gasteiger partial charge in [0.15, 0.2) is 0 Å². The first-order valence-electron chi connectivity index (χ1n) is 13.7. The van der Waals surface area contributed by atoms with Crippen LogP contribution >= 0.6 is 0 Å². The first-order chi connectivity index (χ1) is 18.4. The van der Waals surface area contributed by atoms with Crippen molar-refractivity contribution in [2.24, 2.45) is 5.92 Å². The van der Waals surface area contributed by atoms with Gasteiger partial charge in [-0.3, -0.25) is 9.59 Å². The van der Waals surface area contributed by atoms with Gasteiger partial charge in [-0.25, -0.2) is 0 Å². The maximum absolute atomic E-state index is 13.9. The van der Waals surface area contributed by atoms with Crippen molar-refractivity contribution in [2.75, 3.05) is 47.8 Å². The number of nitrogens with zero attached hydrogens (tertiary/aromatic N) is 3. The maximum atomic E-state index is 13.9. The van der Waals surface area contributed by atoms with Crippen LogP contribution in [-0.2, 0) is 22.4 Å². The zero-order chi connectivity index (χ0) is 27.1. The Bertz CT molecular complexity index is 1200. The molecular weight excluding hydrogens is 472 g/mol. The molecule has 0 aliphatic carbocycles. The minimum absolute atomic E-state index is 0.0496. The number of hydrogen-bond donors (Lipinski definition) is 1. The number of rotatable bonds is 10. The summed E-state index contributed by atoms with van der Waals surface area (Å²) in [4.78, 5) is 33.6.